The number of hydrogen-bond donors (Lipinski definition) is 1. The van der Waals surface area contributed by atoms with Crippen LogP contribution in [0, 0.1) is 27.7 Å². The third kappa shape index (κ3) is 4.54. The van der Waals surface area contributed by atoms with Gasteiger partial charge in [0.05, 0.1) is 10.6 Å². The smallest absolute Gasteiger partial charge is 0.264 e. The van der Waals surface area contributed by atoms with Crippen molar-refractivity contribution < 1.29 is 13.2 Å². The summed E-state index contributed by atoms with van der Waals surface area (Å²) in [6, 6.07) is 17.6. The van der Waals surface area contributed by atoms with Crippen LogP contribution in [0.3, 0.4) is 0 Å². The third-order valence-electron chi connectivity index (χ3n) is 4.97. The van der Waals surface area contributed by atoms with Gasteiger partial charge in [0.15, 0.2) is 0 Å². The molecule has 3 aromatic carbocycles. The number of rotatable bonds is 5. The Morgan fingerprint density at radius 2 is 1.40 bits per heavy atom. The SMILES string of the molecule is Cc1ccc(S(=O)(=O)N(C)c2cc(C(=O)Nc3cc(C)cc(C)c3)ccc2C)cc1. The van der Waals surface area contributed by atoms with Crippen LogP contribution in [0.25, 0.3) is 0 Å². The van der Waals surface area contributed by atoms with Crippen molar-refractivity contribution in [1.82, 2.24) is 0 Å². The molecule has 30 heavy (non-hydrogen) atoms. The fourth-order valence-corrected chi connectivity index (χ4v) is 4.59. The average Bonchev–Trinajstić information content (AvgIpc) is 2.67. The first-order valence-electron chi connectivity index (χ1n) is 9.64. The Kier molecular flexibility index (Phi) is 5.99. The molecule has 0 radical (unpaired) electrons. The van der Waals surface area contributed by atoms with Crippen LogP contribution >= 0.6 is 0 Å². The molecule has 0 atom stereocenters. The first-order chi connectivity index (χ1) is 14.1. The van der Waals surface area contributed by atoms with Crippen molar-refractivity contribution in [3.05, 3.63) is 88.5 Å². The minimum Gasteiger partial charge on any atom is -0.322 e. The highest BCUT2D eigenvalue weighted by Crippen LogP contribution is 2.27. The maximum atomic E-state index is 13.1. The number of nitrogens with zero attached hydrogens (tertiary/aromatic N) is 1. The molecule has 0 unspecified atom stereocenters. The fraction of sp³-hybridized carbons (Fsp3) is 0.208. The molecule has 0 aliphatic carbocycles. The Morgan fingerprint density at radius 1 is 0.800 bits per heavy atom. The largest absolute Gasteiger partial charge is 0.322 e. The van der Waals surface area contributed by atoms with Crippen LogP contribution < -0.4 is 9.62 Å². The van der Waals surface area contributed by atoms with E-state index in [0.29, 0.717) is 16.9 Å². The topological polar surface area (TPSA) is 66.5 Å². The van der Waals surface area contributed by atoms with Crippen molar-refractivity contribution in [2.45, 2.75) is 32.6 Å². The standard InChI is InChI=1S/C24H26N2O3S/c1-16-6-10-22(11-7-16)30(28,29)26(5)23-15-20(9-8-19(23)4)24(27)25-21-13-17(2)12-18(3)14-21/h6-15H,1-5H3,(H,25,27). The molecule has 0 fully saturated rings. The highest BCUT2D eigenvalue weighted by atomic mass is 32.2. The summed E-state index contributed by atoms with van der Waals surface area (Å²) in [5.41, 5.74) is 5.41. The van der Waals surface area contributed by atoms with Gasteiger partial charge in [-0.15, -0.1) is 0 Å². The maximum Gasteiger partial charge on any atom is 0.264 e. The molecule has 0 aliphatic rings. The van der Waals surface area contributed by atoms with Crippen LogP contribution in [0.2, 0.25) is 0 Å². The van der Waals surface area contributed by atoms with Crippen molar-refractivity contribution in [3.8, 4) is 0 Å². The van der Waals surface area contributed by atoms with Crippen LogP contribution in [0.15, 0.2) is 65.6 Å². The lowest BCUT2D eigenvalue weighted by Crippen LogP contribution is -2.27. The van der Waals surface area contributed by atoms with Gasteiger partial charge >= 0.3 is 0 Å². The third-order valence-corrected chi connectivity index (χ3v) is 6.76. The zero-order valence-corrected chi connectivity index (χ0v) is 18.7. The number of amides is 1. The van der Waals surface area contributed by atoms with Crippen LogP contribution in [0.5, 0.6) is 0 Å². The Hall–Kier alpha value is -3.12. The molecule has 0 saturated heterocycles. The number of hydrogen-bond acceptors (Lipinski definition) is 3. The second-order valence-corrected chi connectivity index (χ2v) is 9.59. The number of nitrogens with one attached hydrogen (secondary N) is 1. The molecule has 0 spiro atoms. The average molecular weight is 423 g/mol. The molecular formula is C24H26N2O3S. The van der Waals surface area contributed by atoms with Gasteiger partial charge in [0, 0.05) is 18.3 Å². The zero-order valence-electron chi connectivity index (χ0n) is 17.9. The Bertz CT molecular complexity index is 1180. The van der Waals surface area contributed by atoms with Gasteiger partial charge in [0.2, 0.25) is 0 Å². The minimum absolute atomic E-state index is 0.208. The summed E-state index contributed by atoms with van der Waals surface area (Å²) in [7, 11) is -2.24. The molecule has 0 bridgehead atoms. The Balaban J connectivity index is 1.92. The molecular weight excluding hydrogens is 396 g/mol. The lowest BCUT2D eigenvalue weighted by Gasteiger charge is -2.22. The predicted octanol–water partition coefficient (Wildman–Crippen LogP) is 5.00. The molecule has 1 N–H and O–H groups in total. The summed E-state index contributed by atoms with van der Waals surface area (Å²) in [4.78, 5) is 13.0. The maximum absolute atomic E-state index is 13.1. The Morgan fingerprint density at radius 3 is 2.00 bits per heavy atom. The van der Waals surface area contributed by atoms with Gasteiger partial charge in [-0.05, 0) is 80.8 Å². The lowest BCUT2D eigenvalue weighted by atomic mass is 10.1. The van der Waals surface area contributed by atoms with Crippen molar-refractivity contribution in [2.24, 2.45) is 0 Å². The number of benzene rings is 3. The normalized spacial score (nSPS) is 11.2. The fourth-order valence-electron chi connectivity index (χ4n) is 3.34. The van der Waals surface area contributed by atoms with Crippen molar-refractivity contribution >= 4 is 27.3 Å². The van der Waals surface area contributed by atoms with Gasteiger partial charge in [-0.2, -0.15) is 0 Å². The quantitative estimate of drug-likeness (QED) is 0.629. The van der Waals surface area contributed by atoms with Crippen molar-refractivity contribution in [1.29, 1.82) is 0 Å². The van der Waals surface area contributed by atoms with E-state index in [9.17, 15) is 13.2 Å². The molecule has 0 aliphatic heterocycles. The molecule has 1 amide bonds. The highest BCUT2D eigenvalue weighted by molar-refractivity contribution is 7.92. The molecule has 0 saturated carbocycles. The summed E-state index contributed by atoms with van der Waals surface area (Å²) in [5.74, 6) is -0.289. The molecule has 0 aromatic heterocycles. The molecule has 5 nitrogen and oxygen atoms in total. The first-order valence-corrected chi connectivity index (χ1v) is 11.1. The van der Waals surface area contributed by atoms with Crippen molar-refractivity contribution in [3.63, 3.8) is 0 Å². The lowest BCUT2D eigenvalue weighted by molar-refractivity contribution is 0.102. The first kappa shape index (κ1) is 21.6. The molecule has 3 aromatic rings. The van der Waals surface area contributed by atoms with E-state index in [-0.39, 0.29) is 10.8 Å². The van der Waals surface area contributed by atoms with Crippen LogP contribution in [0.1, 0.15) is 32.6 Å². The van der Waals surface area contributed by atoms with Crippen molar-refractivity contribution in [2.75, 3.05) is 16.7 Å². The second-order valence-electron chi connectivity index (χ2n) is 7.62. The second kappa shape index (κ2) is 8.32. The van der Waals surface area contributed by atoms with Gasteiger partial charge in [-0.25, -0.2) is 8.42 Å². The van der Waals surface area contributed by atoms with Gasteiger partial charge in [0.25, 0.3) is 15.9 Å². The summed E-state index contributed by atoms with van der Waals surface area (Å²) in [6.07, 6.45) is 0. The van der Waals surface area contributed by atoms with E-state index in [4.69, 9.17) is 0 Å². The molecule has 6 heteroatoms. The van der Waals surface area contributed by atoms with E-state index in [1.165, 1.54) is 11.4 Å². The number of carbonyl (C=O) groups is 1. The summed E-state index contributed by atoms with van der Waals surface area (Å²) >= 11 is 0. The van der Waals surface area contributed by atoms with Crippen LogP contribution in [0.4, 0.5) is 11.4 Å². The zero-order chi connectivity index (χ0) is 22.1. The van der Waals surface area contributed by atoms with E-state index in [1.54, 1.807) is 42.5 Å². The van der Waals surface area contributed by atoms with E-state index in [0.717, 1.165) is 22.3 Å². The number of anilines is 2. The summed E-state index contributed by atoms with van der Waals surface area (Å²) < 4.78 is 27.4. The minimum atomic E-state index is -3.74. The summed E-state index contributed by atoms with van der Waals surface area (Å²) in [5, 5.41) is 2.90. The molecule has 3 rings (SSSR count). The van der Waals surface area contributed by atoms with E-state index in [1.807, 2.05) is 45.9 Å². The van der Waals surface area contributed by atoms with Crippen LogP contribution in [-0.2, 0) is 10.0 Å². The highest BCUT2D eigenvalue weighted by Gasteiger charge is 2.23. The predicted molar refractivity (Wildman–Crippen MR) is 122 cm³/mol. The number of sulfonamides is 1. The van der Waals surface area contributed by atoms with E-state index >= 15 is 0 Å². The monoisotopic (exact) mass is 422 g/mol. The molecule has 0 heterocycles. The van der Waals surface area contributed by atoms with Gasteiger partial charge in [-0.1, -0.05) is 29.8 Å². The van der Waals surface area contributed by atoms with Gasteiger partial charge in [-0.3, -0.25) is 9.10 Å². The van der Waals surface area contributed by atoms with Crippen LogP contribution in [-0.4, -0.2) is 21.4 Å². The Labute approximate surface area is 178 Å². The summed E-state index contributed by atoms with van der Waals surface area (Å²) in [6.45, 7) is 7.67. The molecule has 156 valence electrons. The number of carbonyl (C=O) groups excluding carboxylic acids is 1. The van der Waals surface area contributed by atoms with E-state index in [2.05, 4.69) is 5.32 Å². The van der Waals surface area contributed by atoms with E-state index < -0.39 is 10.0 Å². The van der Waals surface area contributed by atoms with Gasteiger partial charge < -0.3 is 5.32 Å². The number of aryl methyl sites for hydroxylation is 4. The van der Waals surface area contributed by atoms with Gasteiger partial charge in [0.1, 0.15) is 0 Å².